The number of carboxylic acids is 1. The van der Waals surface area contributed by atoms with Gasteiger partial charge in [0.2, 0.25) is 0 Å². The Morgan fingerprint density at radius 1 is 1.30 bits per heavy atom. The van der Waals surface area contributed by atoms with Gasteiger partial charge in [-0.05, 0) is 39.0 Å². The highest BCUT2D eigenvalue weighted by Gasteiger charge is 2.20. The van der Waals surface area contributed by atoms with Crippen LogP contribution < -0.4 is 5.32 Å². The molecule has 158 valence electrons. The lowest BCUT2D eigenvalue weighted by Gasteiger charge is -2.04. The van der Waals surface area contributed by atoms with Crippen molar-refractivity contribution in [1.82, 2.24) is 4.98 Å². The van der Waals surface area contributed by atoms with Gasteiger partial charge in [0.25, 0.3) is 5.91 Å². The summed E-state index contributed by atoms with van der Waals surface area (Å²) in [6.45, 7) is 4.66. The third-order valence-corrected chi connectivity index (χ3v) is 4.77. The molecule has 30 heavy (non-hydrogen) atoms. The second kappa shape index (κ2) is 9.94. The van der Waals surface area contributed by atoms with E-state index in [1.54, 1.807) is 13.8 Å². The van der Waals surface area contributed by atoms with E-state index in [1.807, 2.05) is 0 Å². The largest absolute Gasteiger partial charge is 0.510 e. The van der Waals surface area contributed by atoms with Crippen LogP contribution in [0.15, 0.2) is 39.9 Å². The Labute approximate surface area is 179 Å². The number of azo groups is 1. The van der Waals surface area contributed by atoms with Crippen LogP contribution in [0.3, 0.4) is 0 Å². The number of esters is 1. The minimum Gasteiger partial charge on any atom is -0.510 e. The molecule has 2 rings (SSSR count). The van der Waals surface area contributed by atoms with Gasteiger partial charge in [-0.15, -0.1) is 10.2 Å². The highest BCUT2D eigenvalue weighted by molar-refractivity contribution is 7.17. The molecule has 0 spiro atoms. The number of anilines is 1. The number of amides is 1. The van der Waals surface area contributed by atoms with Crippen LogP contribution in [0.25, 0.3) is 0 Å². The van der Waals surface area contributed by atoms with E-state index in [9.17, 15) is 24.6 Å². The van der Waals surface area contributed by atoms with E-state index in [0.717, 1.165) is 11.3 Å². The minimum atomic E-state index is -1.29. The monoisotopic (exact) mass is 452 g/mol. The number of carboxylic acid groups (broad SMARTS) is 1. The number of carbonyl (C=O) groups excluding carboxylic acids is 2. The molecule has 0 unspecified atom stereocenters. The fraction of sp³-hybridized carbons (Fsp3) is 0.222. The number of aromatic carboxylic acids is 1. The molecule has 1 aromatic carbocycles. The molecule has 0 radical (unpaired) electrons. The van der Waals surface area contributed by atoms with Gasteiger partial charge in [-0.3, -0.25) is 10.1 Å². The van der Waals surface area contributed by atoms with Gasteiger partial charge in [-0.2, -0.15) is 0 Å². The van der Waals surface area contributed by atoms with Crippen molar-refractivity contribution in [3.8, 4) is 0 Å². The Morgan fingerprint density at radius 3 is 2.60 bits per heavy atom. The number of aryl methyl sites for hydroxylation is 1. The van der Waals surface area contributed by atoms with Gasteiger partial charge < -0.3 is 14.9 Å². The number of halogens is 1. The number of nitrogens with one attached hydrogen (secondary N) is 1. The average molecular weight is 453 g/mol. The molecule has 0 atom stereocenters. The van der Waals surface area contributed by atoms with Crippen LogP contribution in [0.1, 0.15) is 39.6 Å². The van der Waals surface area contributed by atoms with Crippen LogP contribution in [-0.2, 0) is 9.53 Å². The molecule has 0 saturated heterocycles. The van der Waals surface area contributed by atoms with Gasteiger partial charge in [0.05, 0.1) is 17.9 Å². The molecule has 0 aliphatic carbocycles. The predicted octanol–water partition coefficient (Wildman–Crippen LogP) is 4.49. The second-order valence-electron chi connectivity index (χ2n) is 5.71. The van der Waals surface area contributed by atoms with Crippen LogP contribution in [-0.4, -0.2) is 39.6 Å². The van der Waals surface area contributed by atoms with Gasteiger partial charge in [0.15, 0.2) is 10.8 Å². The molecule has 2 aromatic rings. The number of aliphatic hydroxyl groups is 1. The molecule has 0 bridgehead atoms. The zero-order chi connectivity index (χ0) is 22.4. The van der Waals surface area contributed by atoms with Gasteiger partial charge in [-0.25, -0.2) is 14.6 Å². The Bertz CT molecular complexity index is 1060. The van der Waals surface area contributed by atoms with Crippen molar-refractivity contribution in [2.24, 2.45) is 10.2 Å². The molecular weight excluding hydrogens is 436 g/mol. The third kappa shape index (κ3) is 5.61. The van der Waals surface area contributed by atoms with Crippen LogP contribution in [0.2, 0.25) is 5.02 Å². The molecule has 3 N–H and O–H groups in total. The molecule has 0 saturated carbocycles. The van der Waals surface area contributed by atoms with E-state index < -0.39 is 29.3 Å². The number of aromatic nitrogens is 1. The van der Waals surface area contributed by atoms with Gasteiger partial charge in [0.1, 0.15) is 16.3 Å². The van der Waals surface area contributed by atoms with E-state index in [4.69, 9.17) is 16.3 Å². The molecule has 10 nitrogen and oxygen atoms in total. The second-order valence-corrected chi connectivity index (χ2v) is 7.14. The van der Waals surface area contributed by atoms with Gasteiger partial charge in [-0.1, -0.05) is 22.9 Å². The number of aliphatic hydroxyl groups excluding tert-OH is 1. The normalized spacial score (nSPS) is 11.9. The van der Waals surface area contributed by atoms with E-state index in [-0.39, 0.29) is 32.9 Å². The van der Waals surface area contributed by atoms with Crippen LogP contribution in [0, 0.1) is 6.92 Å². The number of ether oxygens (including phenoxy) is 1. The van der Waals surface area contributed by atoms with E-state index >= 15 is 0 Å². The predicted molar refractivity (Wildman–Crippen MR) is 110 cm³/mol. The lowest BCUT2D eigenvalue weighted by atomic mass is 10.2. The van der Waals surface area contributed by atoms with Crippen molar-refractivity contribution in [2.45, 2.75) is 20.8 Å². The van der Waals surface area contributed by atoms with Gasteiger partial charge >= 0.3 is 11.9 Å². The topological polar surface area (TPSA) is 151 Å². The first-order chi connectivity index (χ1) is 14.1. The first kappa shape index (κ1) is 23.0. The van der Waals surface area contributed by atoms with Crippen LogP contribution in [0.4, 0.5) is 10.8 Å². The SMILES string of the molecule is CCOC(=O)c1sc(NC(=O)/C(N=Nc2ccc(Cl)cc2C(=O)O)=C(/C)O)nc1C. The van der Waals surface area contributed by atoms with Crippen LogP contribution >= 0.6 is 22.9 Å². The first-order valence-corrected chi connectivity index (χ1v) is 9.63. The summed E-state index contributed by atoms with van der Waals surface area (Å²) in [6.07, 6.45) is 0. The zero-order valence-electron chi connectivity index (χ0n) is 16.1. The Balaban J connectivity index is 2.26. The average Bonchev–Trinajstić information content (AvgIpc) is 3.02. The lowest BCUT2D eigenvalue weighted by Crippen LogP contribution is -2.14. The number of hydrogen-bond acceptors (Lipinski definition) is 9. The smallest absolute Gasteiger partial charge is 0.350 e. The summed E-state index contributed by atoms with van der Waals surface area (Å²) in [6, 6.07) is 3.91. The van der Waals surface area contributed by atoms with Crippen molar-refractivity contribution in [1.29, 1.82) is 0 Å². The summed E-state index contributed by atoms with van der Waals surface area (Å²) < 4.78 is 4.92. The first-order valence-electron chi connectivity index (χ1n) is 8.44. The fourth-order valence-corrected chi connectivity index (χ4v) is 3.17. The number of benzene rings is 1. The number of thiazole rings is 1. The molecule has 0 aliphatic rings. The quantitative estimate of drug-likeness (QED) is 0.242. The van der Waals surface area contributed by atoms with Crippen molar-refractivity contribution in [2.75, 3.05) is 11.9 Å². The number of rotatable bonds is 7. The molecule has 1 heterocycles. The van der Waals surface area contributed by atoms with Crippen molar-refractivity contribution < 1.29 is 29.3 Å². The maximum Gasteiger partial charge on any atom is 0.350 e. The Kier molecular flexibility index (Phi) is 7.61. The van der Waals surface area contributed by atoms with Crippen molar-refractivity contribution in [3.63, 3.8) is 0 Å². The van der Waals surface area contributed by atoms with E-state index in [1.165, 1.54) is 25.1 Å². The van der Waals surface area contributed by atoms with E-state index in [0.29, 0.717) is 5.69 Å². The third-order valence-electron chi connectivity index (χ3n) is 3.48. The van der Waals surface area contributed by atoms with Crippen LogP contribution in [0.5, 0.6) is 0 Å². The molecular formula is C18H17ClN4O6S. The zero-order valence-corrected chi connectivity index (χ0v) is 17.7. The van der Waals surface area contributed by atoms with Crippen molar-refractivity contribution in [3.05, 3.63) is 50.8 Å². The summed E-state index contributed by atoms with van der Waals surface area (Å²) in [5, 5.41) is 29.2. The number of hydrogen-bond donors (Lipinski definition) is 3. The lowest BCUT2D eigenvalue weighted by molar-refractivity contribution is -0.113. The maximum absolute atomic E-state index is 12.5. The number of carbonyl (C=O) groups is 3. The number of nitrogens with zero attached hydrogens (tertiary/aromatic N) is 3. The summed E-state index contributed by atoms with van der Waals surface area (Å²) in [7, 11) is 0. The molecule has 12 heteroatoms. The Hall–Kier alpha value is -3.31. The summed E-state index contributed by atoms with van der Waals surface area (Å²) >= 11 is 6.68. The van der Waals surface area contributed by atoms with E-state index in [2.05, 4.69) is 20.5 Å². The standard InChI is InChI=1S/C18H17ClN4O6S/c1-4-29-17(28)14-8(2)20-18(30-14)21-15(25)13(9(3)24)23-22-12-6-5-10(19)7-11(12)16(26)27/h5-7,24H,4H2,1-3H3,(H,26,27)(H,20,21,25)/b13-9+,23-22?. The minimum absolute atomic E-state index is 0.0619. The van der Waals surface area contributed by atoms with Crippen molar-refractivity contribution >= 4 is 51.6 Å². The van der Waals surface area contributed by atoms with Gasteiger partial charge in [0, 0.05) is 5.02 Å². The Morgan fingerprint density at radius 2 is 2.00 bits per heavy atom. The summed E-state index contributed by atoms with van der Waals surface area (Å²) in [5.74, 6) is -3.16. The maximum atomic E-state index is 12.5. The molecule has 0 fully saturated rings. The number of allylic oxidation sites excluding steroid dienone is 1. The fourth-order valence-electron chi connectivity index (χ4n) is 2.14. The molecule has 0 aliphatic heterocycles. The summed E-state index contributed by atoms with van der Waals surface area (Å²) in [4.78, 5) is 40.0. The molecule has 1 aromatic heterocycles. The summed E-state index contributed by atoms with van der Waals surface area (Å²) in [5.41, 5.74) is -0.384. The highest BCUT2D eigenvalue weighted by atomic mass is 35.5. The highest BCUT2D eigenvalue weighted by Crippen LogP contribution is 2.26. The molecule has 1 amide bonds.